The Hall–Kier alpha value is -0.160. The standard InChI is InChI=1S/C15H31N3O/c1-4-6-16-14-5-11-19-12-15(14)18-9-7-17(8-10-18)13(2)3/h13-16H,4-12H2,1-3H3. The molecule has 0 amide bonds. The van der Waals surface area contributed by atoms with E-state index in [4.69, 9.17) is 4.74 Å². The Labute approximate surface area is 118 Å². The Morgan fingerprint density at radius 3 is 2.58 bits per heavy atom. The van der Waals surface area contributed by atoms with Gasteiger partial charge in [-0.1, -0.05) is 6.92 Å². The largest absolute Gasteiger partial charge is 0.380 e. The van der Waals surface area contributed by atoms with Gasteiger partial charge in [-0.15, -0.1) is 0 Å². The molecule has 0 aromatic heterocycles. The van der Waals surface area contributed by atoms with E-state index in [0.717, 1.165) is 26.2 Å². The molecule has 0 spiro atoms. The summed E-state index contributed by atoms with van der Waals surface area (Å²) in [7, 11) is 0. The molecule has 2 saturated heterocycles. The Balaban J connectivity index is 1.85. The van der Waals surface area contributed by atoms with E-state index in [1.54, 1.807) is 0 Å². The smallest absolute Gasteiger partial charge is 0.0637 e. The maximum Gasteiger partial charge on any atom is 0.0637 e. The first-order chi connectivity index (χ1) is 9.22. The number of rotatable bonds is 5. The van der Waals surface area contributed by atoms with Gasteiger partial charge in [-0.05, 0) is 33.2 Å². The first kappa shape index (κ1) is 15.2. The van der Waals surface area contributed by atoms with E-state index in [1.807, 2.05) is 0 Å². The molecule has 0 bridgehead atoms. The molecule has 0 radical (unpaired) electrons. The van der Waals surface area contributed by atoms with Crippen LogP contribution in [0.3, 0.4) is 0 Å². The number of hydrogen-bond acceptors (Lipinski definition) is 4. The molecule has 2 aliphatic heterocycles. The Morgan fingerprint density at radius 1 is 1.21 bits per heavy atom. The van der Waals surface area contributed by atoms with Gasteiger partial charge < -0.3 is 10.1 Å². The number of nitrogens with one attached hydrogen (secondary N) is 1. The highest BCUT2D eigenvalue weighted by atomic mass is 16.5. The molecule has 2 heterocycles. The fourth-order valence-corrected chi connectivity index (χ4v) is 3.24. The van der Waals surface area contributed by atoms with Crippen LogP contribution in [-0.4, -0.2) is 73.9 Å². The monoisotopic (exact) mass is 269 g/mol. The van der Waals surface area contributed by atoms with Crippen LogP contribution in [0, 0.1) is 0 Å². The topological polar surface area (TPSA) is 27.7 Å². The lowest BCUT2D eigenvalue weighted by molar-refractivity contribution is -0.0232. The van der Waals surface area contributed by atoms with Crippen molar-refractivity contribution in [3.05, 3.63) is 0 Å². The van der Waals surface area contributed by atoms with Crippen LogP contribution in [0.4, 0.5) is 0 Å². The molecule has 2 aliphatic rings. The molecular formula is C15H31N3O. The normalized spacial score (nSPS) is 30.9. The van der Waals surface area contributed by atoms with Crippen LogP contribution in [0.25, 0.3) is 0 Å². The van der Waals surface area contributed by atoms with Gasteiger partial charge in [-0.25, -0.2) is 0 Å². The number of piperazine rings is 1. The molecule has 2 atom stereocenters. The van der Waals surface area contributed by atoms with Gasteiger partial charge in [0.05, 0.1) is 6.61 Å². The summed E-state index contributed by atoms with van der Waals surface area (Å²) in [5.74, 6) is 0. The van der Waals surface area contributed by atoms with Crippen molar-refractivity contribution in [1.82, 2.24) is 15.1 Å². The van der Waals surface area contributed by atoms with E-state index >= 15 is 0 Å². The molecule has 0 aliphatic carbocycles. The summed E-state index contributed by atoms with van der Waals surface area (Å²) in [6.07, 6.45) is 2.38. The minimum absolute atomic E-state index is 0.578. The molecule has 4 heteroatoms. The minimum atomic E-state index is 0.578. The molecule has 4 nitrogen and oxygen atoms in total. The summed E-state index contributed by atoms with van der Waals surface area (Å²) in [4.78, 5) is 5.22. The third kappa shape index (κ3) is 4.15. The quantitative estimate of drug-likeness (QED) is 0.811. The average molecular weight is 269 g/mol. The molecule has 2 unspecified atom stereocenters. The van der Waals surface area contributed by atoms with Crippen LogP contribution >= 0.6 is 0 Å². The van der Waals surface area contributed by atoms with E-state index in [9.17, 15) is 0 Å². The van der Waals surface area contributed by atoms with E-state index < -0.39 is 0 Å². The fourth-order valence-electron chi connectivity index (χ4n) is 3.24. The molecule has 0 saturated carbocycles. The molecule has 0 aromatic rings. The second-order valence-corrected chi connectivity index (χ2v) is 6.16. The second kappa shape index (κ2) is 7.58. The van der Waals surface area contributed by atoms with E-state index in [0.29, 0.717) is 18.1 Å². The maximum atomic E-state index is 5.72. The molecular weight excluding hydrogens is 238 g/mol. The van der Waals surface area contributed by atoms with Crippen molar-refractivity contribution in [1.29, 1.82) is 0 Å². The lowest BCUT2D eigenvalue weighted by atomic mass is 10.0. The predicted octanol–water partition coefficient (Wildman–Crippen LogP) is 1.17. The molecule has 112 valence electrons. The van der Waals surface area contributed by atoms with Gasteiger partial charge in [0.1, 0.15) is 0 Å². The van der Waals surface area contributed by atoms with E-state index in [1.165, 1.54) is 32.6 Å². The third-order valence-corrected chi connectivity index (χ3v) is 4.53. The van der Waals surface area contributed by atoms with Gasteiger partial charge in [-0.3, -0.25) is 9.80 Å². The second-order valence-electron chi connectivity index (χ2n) is 6.16. The summed E-state index contributed by atoms with van der Waals surface area (Å²) in [5.41, 5.74) is 0. The summed E-state index contributed by atoms with van der Waals surface area (Å²) in [6.45, 7) is 14.6. The van der Waals surface area contributed by atoms with E-state index in [-0.39, 0.29) is 0 Å². The highest BCUT2D eigenvalue weighted by Gasteiger charge is 2.32. The van der Waals surface area contributed by atoms with Crippen molar-refractivity contribution < 1.29 is 4.74 Å². The summed E-state index contributed by atoms with van der Waals surface area (Å²) in [6, 6.07) is 1.88. The van der Waals surface area contributed by atoms with Crippen molar-refractivity contribution in [2.24, 2.45) is 0 Å². The number of hydrogen-bond donors (Lipinski definition) is 1. The molecule has 19 heavy (non-hydrogen) atoms. The summed E-state index contributed by atoms with van der Waals surface area (Å²) >= 11 is 0. The molecule has 2 rings (SSSR count). The Morgan fingerprint density at radius 2 is 1.95 bits per heavy atom. The summed E-state index contributed by atoms with van der Waals surface area (Å²) < 4.78 is 5.72. The van der Waals surface area contributed by atoms with Gasteiger partial charge in [0.15, 0.2) is 0 Å². The number of nitrogens with zero attached hydrogens (tertiary/aromatic N) is 2. The van der Waals surface area contributed by atoms with Crippen molar-refractivity contribution in [2.75, 3.05) is 45.9 Å². The fraction of sp³-hybridized carbons (Fsp3) is 1.00. The molecule has 0 aromatic carbocycles. The van der Waals surface area contributed by atoms with Gasteiger partial charge in [0, 0.05) is 50.9 Å². The van der Waals surface area contributed by atoms with Crippen LogP contribution < -0.4 is 5.32 Å². The zero-order chi connectivity index (χ0) is 13.7. The highest BCUT2D eigenvalue weighted by Crippen LogP contribution is 2.17. The number of ether oxygens (including phenoxy) is 1. The Kier molecular flexibility index (Phi) is 6.07. The van der Waals surface area contributed by atoms with Crippen molar-refractivity contribution in [3.63, 3.8) is 0 Å². The van der Waals surface area contributed by atoms with Crippen LogP contribution in [0.1, 0.15) is 33.6 Å². The lowest BCUT2D eigenvalue weighted by Crippen LogP contribution is -2.60. The van der Waals surface area contributed by atoms with Gasteiger partial charge in [0.2, 0.25) is 0 Å². The highest BCUT2D eigenvalue weighted by molar-refractivity contribution is 4.90. The van der Waals surface area contributed by atoms with Crippen LogP contribution in [0.15, 0.2) is 0 Å². The van der Waals surface area contributed by atoms with Gasteiger partial charge in [0.25, 0.3) is 0 Å². The third-order valence-electron chi connectivity index (χ3n) is 4.53. The van der Waals surface area contributed by atoms with Crippen molar-refractivity contribution in [3.8, 4) is 0 Å². The zero-order valence-electron chi connectivity index (χ0n) is 12.9. The van der Waals surface area contributed by atoms with Gasteiger partial charge in [-0.2, -0.15) is 0 Å². The Bertz CT molecular complexity index is 252. The minimum Gasteiger partial charge on any atom is -0.380 e. The molecule has 1 N–H and O–H groups in total. The molecule has 2 fully saturated rings. The summed E-state index contributed by atoms with van der Waals surface area (Å²) in [5, 5.41) is 3.72. The maximum absolute atomic E-state index is 5.72. The average Bonchev–Trinajstić information content (AvgIpc) is 2.45. The van der Waals surface area contributed by atoms with Gasteiger partial charge >= 0.3 is 0 Å². The zero-order valence-corrected chi connectivity index (χ0v) is 12.9. The predicted molar refractivity (Wildman–Crippen MR) is 79.6 cm³/mol. The van der Waals surface area contributed by atoms with E-state index in [2.05, 4.69) is 35.9 Å². The van der Waals surface area contributed by atoms with Crippen LogP contribution in [0.2, 0.25) is 0 Å². The van der Waals surface area contributed by atoms with Crippen molar-refractivity contribution in [2.45, 2.75) is 51.7 Å². The van der Waals surface area contributed by atoms with Crippen LogP contribution in [-0.2, 0) is 4.74 Å². The first-order valence-electron chi connectivity index (χ1n) is 8.01. The SMILES string of the molecule is CCCNC1CCOCC1N1CCN(C(C)C)CC1. The van der Waals surface area contributed by atoms with Crippen LogP contribution in [0.5, 0.6) is 0 Å². The lowest BCUT2D eigenvalue weighted by Gasteiger charge is -2.45. The van der Waals surface area contributed by atoms with Crippen molar-refractivity contribution >= 4 is 0 Å². The first-order valence-corrected chi connectivity index (χ1v) is 8.01.